The van der Waals surface area contributed by atoms with E-state index in [0.717, 1.165) is 24.3 Å². The Balaban J connectivity index is 1.55. The predicted molar refractivity (Wildman–Crippen MR) is 125 cm³/mol. The van der Waals surface area contributed by atoms with Crippen molar-refractivity contribution >= 4 is 30.7 Å². The van der Waals surface area contributed by atoms with E-state index in [1.54, 1.807) is 36.4 Å². The molecule has 2 N–H and O–H groups in total. The predicted octanol–water partition coefficient (Wildman–Crippen LogP) is 3.87. The average Bonchev–Trinajstić information content (AvgIpc) is 3.24. The number of aliphatic hydroxyl groups excluding tert-OH is 1. The third-order valence-corrected chi connectivity index (χ3v) is 8.49. The van der Waals surface area contributed by atoms with E-state index in [0.29, 0.717) is 28.0 Å². The van der Waals surface area contributed by atoms with Crippen LogP contribution < -0.4 is 4.74 Å². The van der Waals surface area contributed by atoms with Gasteiger partial charge < -0.3 is 14.8 Å². The Morgan fingerprint density at radius 1 is 0.944 bits per heavy atom. The molecule has 0 unspecified atom stereocenters. The summed E-state index contributed by atoms with van der Waals surface area (Å²) in [5.74, 6) is 0.122. The molecule has 0 bridgehead atoms. The van der Waals surface area contributed by atoms with E-state index in [2.05, 4.69) is 9.97 Å². The molecule has 0 aliphatic heterocycles. The molecular formula is C23H19F3N2O6S2. The first-order valence-corrected chi connectivity index (χ1v) is 13.5. The Labute approximate surface area is 204 Å². The van der Waals surface area contributed by atoms with Crippen LogP contribution >= 0.6 is 0 Å². The van der Waals surface area contributed by atoms with Crippen molar-refractivity contribution in [2.45, 2.75) is 21.9 Å². The molecule has 1 aromatic heterocycles. The molecule has 8 nitrogen and oxygen atoms in total. The first-order chi connectivity index (χ1) is 16.9. The SMILES string of the molecule is O=S(=O)(CCO)c1ccccc1-c1ccc2nc(COc3ccc(S(=O)(=O)C(F)(F)F)cc3)[nH]c2c1. The highest BCUT2D eigenvalue weighted by molar-refractivity contribution is 7.92. The van der Waals surface area contributed by atoms with Gasteiger partial charge in [0.05, 0.1) is 33.2 Å². The van der Waals surface area contributed by atoms with Crippen LogP contribution in [0.3, 0.4) is 0 Å². The molecule has 0 saturated heterocycles. The lowest BCUT2D eigenvalue weighted by Gasteiger charge is -2.10. The van der Waals surface area contributed by atoms with Gasteiger partial charge in [0.25, 0.3) is 9.84 Å². The van der Waals surface area contributed by atoms with Gasteiger partial charge in [-0.1, -0.05) is 24.3 Å². The number of aliphatic hydroxyl groups is 1. The second-order valence-electron chi connectivity index (χ2n) is 7.66. The van der Waals surface area contributed by atoms with Crippen LogP contribution in [0.2, 0.25) is 0 Å². The van der Waals surface area contributed by atoms with E-state index in [4.69, 9.17) is 9.84 Å². The van der Waals surface area contributed by atoms with Crippen LogP contribution in [-0.4, -0.2) is 49.8 Å². The van der Waals surface area contributed by atoms with Crippen molar-refractivity contribution in [1.29, 1.82) is 0 Å². The molecule has 3 aromatic carbocycles. The van der Waals surface area contributed by atoms with E-state index in [-0.39, 0.29) is 17.3 Å². The molecule has 0 amide bonds. The maximum absolute atomic E-state index is 12.7. The molecule has 0 aliphatic carbocycles. The highest BCUT2D eigenvalue weighted by Gasteiger charge is 2.46. The number of aromatic nitrogens is 2. The molecule has 0 atom stereocenters. The summed E-state index contributed by atoms with van der Waals surface area (Å²) in [7, 11) is -9.14. The number of alkyl halides is 3. The van der Waals surface area contributed by atoms with Crippen molar-refractivity contribution in [1.82, 2.24) is 9.97 Å². The van der Waals surface area contributed by atoms with E-state index in [1.807, 2.05) is 0 Å². The lowest BCUT2D eigenvalue weighted by Crippen LogP contribution is -2.23. The van der Waals surface area contributed by atoms with Crippen LogP contribution in [0.1, 0.15) is 5.82 Å². The number of fused-ring (bicyclic) bond motifs is 1. The molecule has 36 heavy (non-hydrogen) atoms. The van der Waals surface area contributed by atoms with Crippen molar-refractivity contribution < 1.29 is 39.9 Å². The lowest BCUT2D eigenvalue weighted by molar-refractivity contribution is -0.0436. The molecule has 0 fully saturated rings. The summed E-state index contributed by atoms with van der Waals surface area (Å²) in [5, 5.41) is 9.11. The van der Waals surface area contributed by atoms with Gasteiger partial charge in [-0.2, -0.15) is 13.2 Å². The Kier molecular flexibility index (Phi) is 6.82. The summed E-state index contributed by atoms with van der Waals surface area (Å²) in [6, 6.07) is 15.4. The quantitative estimate of drug-likeness (QED) is 0.347. The van der Waals surface area contributed by atoms with Crippen molar-refractivity contribution in [2.24, 2.45) is 0 Å². The summed E-state index contributed by atoms with van der Waals surface area (Å²) in [6.45, 7) is -0.586. The monoisotopic (exact) mass is 540 g/mol. The second-order valence-corrected chi connectivity index (χ2v) is 11.7. The molecule has 4 rings (SSSR count). The number of nitrogens with one attached hydrogen (secondary N) is 1. The maximum Gasteiger partial charge on any atom is 0.501 e. The number of sulfone groups is 2. The van der Waals surface area contributed by atoms with Crippen LogP contribution in [0.15, 0.2) is 76.5 Å². The molecule has 0 aliphatic rings. The van der Waals surface area contributed by atoms with Gasteiger partial charge in [0, 0.05) is 5.56 Å². The molecule has 1 heterocycles. The highest BCUT2D eigenvalue weighted by atomic mass is 32.2. The number of rotatable bonds is 8. The number of aromatic amines is 1. The van der Waals surface area contributed by atoms with E-state index < -0.39 is 42.4 Å². The number of benzene rings is 3. The number of hydrogen-bond donors (Lipinski definition) is 2. The summed E-state index contributed by atoms with van der Waals surface area (Å²) in [6.07, 6.45) is 0. The molecule has 0 saturated carbocycles. The Morgan fingerprint density at radius 2 is 1.64 bits per heavy atom. The fourth-order valence-electron chi connectivity index (χ4n) is 3.51. The van der Waals surface area contributed by atoms with Crippen molar-refractivity contribution in [3.8, 4) is 16.9 Å². The van der Waals surface area contributed by atoms with E-state index in [1.165, 1.54) is 6.07 Å². The van der Waals surface area contributed by atoms with Crippen LogP contribution in [0.25, 0.3) is 22.2 Å². The third-order valence-electron chi connectivity index (χ3n) is 5.24. The minimum absolute atomic E-state index is 0.0865. The van der Waals surface area contributed by atoms with E-state index >= 15 is 0 Å². The molecular weight excluding hydrogens is 521 g/mol. The Morgan fingerprint density at radius 3 is 2.31 bits per heavy atom. The van der Waals surface area contributed by atoms with Gasteiger partial charge in [-0.05, 0) is 48.0 Å². The standard InChI is InChI=1S/C23H19F3N2O6S2/c24-23(25,26)36(32,33)17-8-6-16(7-9-17)34-14-22-27-19-10-5-15(13-20(19)28-22)18-3-1-2-4-21(18)35(30,31)12-11-29/h1-10,13,29H,11-12,14H2,(H,27,28). The first kappa shape index (κ1) is 25.7. The number of H-pyrrole nitrogens is 1. The number of nitrogens with zero attached hydrogens (tertiary/aromatic N) is 1. The van der Waals surface area contributed by atoms with Gasteiger partial charge in [0.2, 0.25) is 0 Å². The molecule has 13 heteroatoms. The zero-order chi connectivity index (χ0) is 26.1. The van der Waals surface area contributed by atoms with Gasteiger partial charge in [-0.15, -0.1) is 0 Å². The summed E-state index contributed by atoms with van der Waals surface area (Å²) in [4.78, 5) is 6.63. The second kappa shape index (κ2) is 9.56. The fraction of sp³-hybridized carbons (Fsp3) is 0.174. The Hall–Kier alpha value is -3.42. The van der Waals surface area contributed by atoms with Crippen LogP contribution in [0.4, 0.5) is 13.2 Å². The third kappa shape index (κ3) is 5.08. The number of ether oxygens (including phenoxy) is 1. The minimum Gasteiger partial charge on any atom is -0.486 e. The summed E-state index contributed by atoms with van der Waals surface area (Å²) in [5.41, 5.74) is -3.16. The number of imidazole rings is 1. The van der Waals surface area contributed by atoms with Crippen LogP contribution in [-0.2, 0) is 26.3 Å². The largest absolute Gasteiger partial charge is 0.501 e. The smallest absolute Gasteiger partial charge is 0.486 e. The van der Waals surface area contributed by atoms with Crippen molar-refractivity contribution in [2.75, 3.05) is 12.4 Å². The van der Waals surface area contributed by atoms with Crippen LogP contribution in [0, 0.1) is 0 Å². The van der Waals surface area contributed by atoms with Crippen LogP contribution in [0.5, 0.6) is 5.75 Å². The minimum atomic E-state index is -5.44. The summed E-state index contributed by atoms with van der Waals surface area (Å²) < 4.78 is 91.5. The average molecular weight is 541 g/mol. The zero-order valence-corrected chi connectivity index (χ0v) is 20.0. The highest BCUT2D eigenvalue weighted by Crippen LogP contribution is 2.32. The lowest BCUT2D eigenvalue weighted by atomic mass is 10.1. The number of hydrogen-bond acceptors (Lipinski definition) is 7. The molecule has 190 valence electrons. The van der Waals surface area contributed by atoms with Gasteiger partial charge in [-0.3, -0.25) is 0 Å². The van der Waals surface area contributed by atoms with Gasteiger partial charge >= 0.3 is 5.51 Å². The maximum atomic E-state index is 12.7. The summed E-state index contributed by atoms with van der Waals surface area (Å²) >= 11 is 0. The number of halogens is 3. The normalized spacial score (nSPS) is 12.7. The van der Waals surface area contributed by atoms with Crippen molar-refractivity contribution in [3.05, 3.63) is 72.6 Å². The van der Waals surface area contributed by atoms with Gasteiger partial charge in [0.15, 0.2) is 9.84 Å². The van der Waals surface area contributed by atoms with Gasteiger partial charge in [0.1, 0.15) is 18.2 Å². The van der Waals surface area contributed by atoms with Gasteiger partial charge in [-0.25, -0.2) is 21.8 Å². The molecule has 4 aromatic rings. The van der Waals surface area contributed by atoms with Crippen molar-refractivity contribution in [3.63, 3.8) is 0 Å². The van der Waals surface area contributed by atoms with E-state index in [9.17, 15) is 30.0 Å². The molecule has 0 radical (unpaired) electrons. The first-order valence-electron chi connectivity index (χ1n) is 10.4. The topological polar surface area (TPSA) is 126 Å². The Bertz CT molecular complexity index is 1610. The zero-order valence-electron chi connectivity index (χ0n) is 18.4. The fourth-order valence-corrected chi connectivity index (χ4v) is 5.53. The molecule has 0 spiro atoms.